The van der Waals surface area contributed by atoms with Crippen LogP contribution in [0.15, 0.2) is 45.9 Å². The molecule has 0 aliphatic rings. The van der Waals surface area contributed by atoms with E-state index in [0.717, 1.165) is 15.7 Å². The van der Waals surface area contributed by atoms with E-state index in [-0.39, 0.29) is 11.7 Å². The summed E-state index contributed by atoms with van der Waals surface area (Å²) in [4.78, 5) is 7.16. The van der Waals surface area contributed by atoms with Crippen LogP contribution in [0.3, 0.4) is 0 Å². The zero-order chi connectivity index (χ0) is 15.0. The Morgan fingerprint density at radius 1 is 1.24 bits per heavy atom. The van der Waals surface area contributed by atoms with Gasteiger partial charge in [0.1, 0.15) is 5.82 Å². The van der Waals surface area contributed by atoms with Gasteiger partial charge in [0.25, 0.3) is 0 Å². The van der Waals surface area contributed by atoms with Gasteiger partial charge in [-0.15, -0.1) is 0 Å². The van der Waals surface area contributed by atoms with Gasteiger partial charge in [0.2, 0.25) is 0 Å². The van der Waals surface area contributed by atoms with Gasteiger partial charge in [0.05, 0.1) is 11.3 Å². The summed E-state index contributed by atoms with van der Waals surface area (Å²) in [6, 6.07) is 10.1. The van der Waals surface area contributed by atoms with Crippen LogP contribution in [0, 0.1) is 12.7 Å². The van der Waals surface area contributed by atoms with E-state index >= 15 is 0 Å². The fourth-order valence-corrected chi connectivity index (χ4v) is 2.75. The summed E-state index contributed by atoms with van der Waals surface area (Å²) < 4.78 is 14.2. The summed E-state index contributed by atoms with van der Waals surface area (Å²) in [7, 11) is 0. The van der Waals surface area contributed by atoms with Crippen LogP contribution in [-0.4, -0.2) is 16.3 Å². The Hall–Kier alpha value is -2.14. The van der Waals surface area contributed by atoms with Crippen molar-refractivity contribution in [2.24, 2.45) is 4.99 Å². The molecule has 3 nitrogen and oxygen atoms in total. The number of halogens is 2. The third kappa shape index (κ3) is 2.69. The highest BCUT2D eigenvalue weighted by Gasteiger charge is 2.09. The molecule has 106 valence electrons. The molecule has 0 amide bonds. The van der Waals surface area contributed by atoms with E-state index < -0.39 is 0 Å². The number of aryl methyl sites for hydroxylation is 1. The van der Waals surface area contributed by atoms with Gasteiger partial charge in [-0.3, -0.25) is 4.99 Å². The van der Waals surface area contributed by atoms with E-state index in [2.05, 4.69) is 25.9 Å². The Balaban J connectivity index is 2.06. The highest BCUT2D eigenvalue weighted by atomic mass is 79.9. The SMILES string of the molecule is Cc1ccc(N=Cc2c(O)[nH]c3ccc(F)cc23)c(Br)c1. The highest BCUT2D eigenvalue weighted by Crippen LogP contribution is 2.29. The molecule has 2 aromatic carbocycles. The van der Waals surface area contributed by atoms with Crippen LogP contribution in [0.1, 0.15) is 11.1 Å². The topological polar surface area (TPSA) is 48.4 Å². The summed E-state index contributed by atoms with van der Waals surface area (Å²) in [6.07, 6.45) is 1.53. The number of hydrogen-bond acceptors (Lipinski definition) is 2. The lowest BCUT2D eigenvalue weighted by Crippen LogP contribution is -1.81. The van der Waals surface area contributed by atoms with Crippen LogP contribution in [-0.2, 0) is 0 Å². The smallest absolute Gasteiger partial charge is 0.198 e. The van der Waals surface area contributed by atoms with Gasteiger partial charge < -0.3 is 10.1 Å². The zero-order valence-electron chi connectivity index (χ0n) is 11.2. The summed E-state index contributed by atoms with van der Waals surface area (Å²) in [6.45, 7) is 1.99. The van der Waals surface area contributed by atoms with E-state index in [1.54, 1.807) is 6.07 Å². The standard InChI is InChI=1S/C16H12BrFN2O/c1-9-2-4-15(13(17)6-9)19-8-12-11-7-10(18)3-5-14(11)20-16(12)21/h2-8,20-21H,1H3. The molecule has 5 heteroatoms. The Labute approximate surface area is 129 Å². The van der Waals surface area contributed by atoms with Gasteiger partial charge in [-0.1, -0.05) is 6.07 Å². The minimum Gasteiger partial charge on any atom is -0.494 e. The number of H-pyrrole nitrogens is 1. The highest BCUT2D eigenvalue weighted by molar-refractivity contribution is 9.10. The summed E-state index contributed by atoms with van der Waals surface area (Å²) >= 11 is 3.45. The number of hydrogen-bond donors (Lipinski definition) is 2. The number of aromatic hydroxyl groups is 1. The molecule has 0 spiro atoms. The van der Waals surface area contributed by atoms with Gasteiger partial charge in [-0.05, 0) is 58.7 Å². The first-order valence-electron chi connectivity index (χ1n) is 6.35. The molecule has 1 heterocycles. The van der Waals surface area contributed by atoms with Crippen molar-refractivity contribution >= 4 is 38.7 Å². The first-order chi connectivity index (χ1) is 10.0. The Morgan fingerprint density at radius 3 is 2.81 bits per heavy atom. The minimum absolute atomic E-state index is 0.0254. The fourth-order valence-electron chi connectivity index (χ4n) is 2.15. The summed E-state index contributed by atoms with van der Waals surface area (Å²) in [5, 5.41) is 10.5. The van der Waals surface area contributed by atoms with Crippen LogP contribution < -0.4 is 0 Å². The number of rotatable bonds is 2. The van der Waals surface area contributed by atoms with Crippen molar-refractivity contribution in [2.75, 3.05) is 0 Å². The number of aromatic amines is 1. The molecule has 0 aliphatic heterocycles. The normalized spacial score (nSPS) is 11.6. The largest absolute Gasteiger partial charge is 0.494 e. The fraction of sp³-hybridized carbons (Fsp3) is 0.0625. The van der Waals surface area contributed by atoms with E-state index in [0.29, 0.717) is 16.5 Å². The molecule has 0 saturated carbocycles. The molecule has 0 fully saturated rings. The molecule has 0 saturated heterocycles. The summed E-state index contributed by atoms with van der Waals surface area (Å²) in [5.74, 6) is -0.379. The Kier molecular flexibility index (Phi) is 3.51. The quantitative estimate of drug-likeness (QED) is 0.641. The van der Waals surface area contributed by atoms with Crippen molar-refractivity contribution in [3.05, 3.63) is 57.8 Å². The molecular formula is C16H12BrFN2O. The summed E-state index contributed by atoms with van der Waals surface area (Å²) in [5.41, 5.74) is 3.00. The average Bonchev–Trinajstić information content (AvgIpc) is 2.73. The Morgan fingerprint density at radius 2 is 2.05 bits per heavy atom. The molecule has 2 N–H and O–H groups in total. The van der Waals surface area contributed by atoms with Crippen molar-refractivity contribution in [3.8, 4) is 5.88 Å². The first kappa shape index (κ1) is 13.8. The maximum atomic E-state index is 13.4. The predicted molar refractivity (Wildman–Crippen MR) is 86.1 cm³/mol. The van der Waals surface area contributed by atoms with Gasteiger partial charge in [0.15, 0.2) is 5.88 Å². The molecule has 1 aromatic heterocycles. The van der Waals surface area contributed by atoms with Crippen molar-refractivity contribution in [1.82, 2.24) is 4.98 Å². The van der Waals surface area contributed by atoms with Gasteiger partial charge in [-0.2, -0.15) is 0 Å². The van der Waals surface area contributed by atoms with Gasteiger partial charge in [-0.25, -0.2) is 4.39 Å². The second-order valence-corrected chi connectivity index (χ2v) is 5.64. The molecule has 0 radical (unpaired) electrons. The maximum absolute atomic E-state index is 13.4. The Bertz CT molecular complexity index is 855. The van der Waals surface area contributed by atoms with Crippen molar-refractivity contribution in [2.45, 2.75) is 6.92 Å². The van der Waals surface area contributed by atoms with Crippen molar-refractivity contribution in [3.63, 3.8) is 0 Å². The van der Waals surface area contributed by atoms with Gasteiger partial charge in [0, 0.05) is 21.6 Å². The molecule has 0 aliphatic carbocycles. The van der Waals surface area contributed by atoms with E-state index in [1.165, 1.54) is 18.3 Å². The van der Waals surface area contributed by atoms with E-state index in [4.69, 9.17) is 0 Å². The van der Waals surface area contributed by atoms with Crippen LogP contribution in [0.25, 0.3) is 10.9 Å². The number of fused-ring (bicyclic) bond motifs is 1. The average molecular weight is 347 g/mol. The number of aliphatic imine (C=N–C) groups is 1. The molecule has 0 bridgehead atoms. The number of nitrogens with one attached hydrogen (secondary N) is 1. The lowest BCUT2D eigenvalue weighted by atomic mass is 10.2. The van der Waals surface area contributed by atoms with Crippen LogP contribution in [0.5, 0.6) is 5.88 Å². The third-order valence-electron chi connectivity index (χ3n) is 3.22. The van der Waals surface area contributed by atoms with Crippen molar-refractivity contribution in [1.29, 1.82) is 0 Å². The lowest BCUT2D eigenvalue weighted by Gasteiger charge is -1.99. The zero-order valence-corrected chi connectivity index (χ0v) is 12.8. The molecule has 3 aromatic rings. The number of benzene rings is 2. The van der Waals surface area contributed by atoms with Crippen LogP contribution in [0.4, 0.5) is 10.1 Å². The maximum Gasteiger partial charge on any atom is 0.198 e. The van der Waals surface area contributed by atoms with Crippen molar-refractivity contribution < 1.29 is 9.50 Å². The number of nitrogens with zero attached hydrogens (tertiary/aromatic N) is 1. The lowest BCUT2D eigenvalue weighted by molar-refractivity contribution is 0.457. The van der Waals surface area contributed by atoms with Gasteiger partial charge >= 0.3 is 0 Å². The second kappa shape index (κ2) is 5.33. The second-order valence-electron chi connectivity index (χ2n) is 4.79. The predicted octanol–water partition coefficient (Wildman–Crippen LogP) is 4.83. The molecular weight excluding hydrogens is 335 g/mol. The van der Waals surface area contributed by atoms with E-state index in [1.807, 2.05) is 25.1 Å². The van der Waals surface area contributed by atoms with Crippen LogP contribution in [0.2, 0.25) is 0 Å². The van der Waals surface area contributed by atoms with E-state index in [9.17, 15) is 9.50 Å². The molecule has 21 heavy (non-hydrogen) atoms. The monoisotopic (exact) mass is 346 g/mol. The molecule has 0 unspecified atom stereocenters. The first-order valence-corrected chi connectivity index (χ1v) is 7.14. The minimum atomic E-state index is -0.354. The molecule has 0 atom stereocenters. The number of aromatic nitrogens is 1. The third-order valence-corrected chi connectivity index (χ3v) is 3.85. The molecule has 3 rings (SSSR count). The van der Waals surface area contributed by atoms with Crippen LogP contribution >= 0.6 is 15.9 Å².